The predicted octanol–water partition coefficient (Wildman–Crippen LogP) is -0.649. The lowest BCUT2D eigenvalue weighted by Gasteiger charge is -2.15. The van der Waals surface area contributed by atoms with Gasteiger partial charge in [0.1, 0.15) is 6.29 Å². The Labute approximate surface area is 53.7 Å². The predicted molar refractivity (Wildman–Crippen MR) is 29.5 cm³/mol. The molecular formula is C6H9O3-. The molecule has 0 N–H and O–H groups in total. The third kappa shape index (κ3) is 3.70. The Balaban J connectivity index is 3.86. The monoisotopic (exact) mass is 129 g/mol. The van der Waals surface area contributed by atoms with Crippen molar-refractivity contribution in [3.05, 3.63) is 0 Å². The summed E-state index contributed by atoms with van der Waals surface area (Å²) >= 11 is 0. The van der Waals surface area contributed by atoms with Gasteiger partial charge >= 0.3 is 0 Å². The highest BCUT2D eigenvalue weighted by atomic mass is 16.4. The molecule has 0 aliphatic heterocycles. The molecule has 3 nitrogen and oxygen atoms in total. The molecule has 3 heteroatoms. The molecule has 52 valence electrons. The standard InChI is InChI=1S/C6H10O3/c1-6(2,4-7)3-5(8)9/h4H,3H2,1-2H3,(H,8,9)/p-1. The quantitative estimate of drug-likeness (QED) is 0.476. The van der Waals surface area contributed by atoms with Crippen molar-refractivity contribution >= 4 is 12.3 Å². The number of carboxylic acid groups (broad SMARTS) is 1. The molecule has 0 fully saturated rings. The van der Waals surface area contributed by atoms with Crippen molar-refractivity contribution in [3.8, 4) is 0 Å². The maximum absolute atomic E-state index is 10.1. The average Bonchev–Trinajstić information content (AvgIpc) is 1.63. The minimum Gasteiger partial charge on any atom is -0.550 e. The summed E-state index contributed by atoms with van der Waals surface area (Å²) in [6, 6.07) is 0. The minimum absolute atomic E-state index is 0.212. The summed E-state index contributed by atoms with van der Waals surface area (Å²) in [6.07, 6.45) is 0.402. The molecule has 0 aromatic rings. The molecule has 0 saturated carbocycles. The zero-order valence-electron chi connectivity index (χ0n) is 5.51. The maximum Gasteiger partial charge on any atom is 0.125 e. The van der Waals surface area contributed by atoms with E-state index in [2.05, 4.69) is 0 Å². The van der Waals surface area contributed by atoms with Gasteiger partial charge in [-0.15, -0.1) is 0 Å². The van der Waals surface area contributed by atoms with Gasteiger partial charge in [-0.2, -0.15) is 0 Å². The molecule has 0 atom stereocenters. The van der Waals surface area contributed by atoms with Gasteiger partial charge in [0.25, 0.3) is 0 Å². The summed E-state index contributed by atoms with van der Waals surface area (Å²) in [5.74, 6) is -1.19. The topological polar surface area (TPSA) is 57.2 Å². The van der Waals surface area contributed by atoms with E-state index >= 15 is 0 Å². The van der Waals surface area contributed by atoms with E-state index in [1.807, 2.05) is 0 Å². The third-order valence-electron chi connectivity index (χ3n) is 0.919. The van der Waals surface area contributed by atoms with E-state index in [4.69, 9.17) is 0 Å². The Kier molecular flexibility index (Phi) is 2.37. The fourth-order valence-electron chi connectivity index (χ4n) is 0.414. The smallest absolute Gasteiger partial charge is 0.125 e. The number of aldehydes is 1. The first-order valence-corrected chi connectivity index (χ1v) is 2.64. The summed E-state index contributed by atoms with van der Waals surface area (Å²) in [5.41, 5.74) is -0.779. The van der Waals surface area contributed by atoms with Crippen molar-refractivity contribution in [3.63, 3.8) is 0 Å². The highest BCUT2D eigenvalue weighted by Crippen LogP contribution is 2.14. The van der Waals surface area contributed by atoms with Gasteiger partial charge < -0.3 is 14.7 Å². The lowest BCUT2D eigenvalue weighted by atomic mass is 9.92. The fourth-order valence-corrected chi connectivity index (χ4v) is 0.414. The van der Waals surface area contributed by atoms with Gasteiger partial charge in [-0.1, -0.05) is 13.8 Å². The van der Waals surface area contributed by atoms with Gasteiger partial charge in [0, 0.05) is 11.4 Å². The van der Waals surface area contributed by atoms with E-state index in [-0.39, 0.29) is 6.42 Å². The summed E-state index contributed by atoms with van der Waals surface area (Å²) < 4.78 is 0. The first-order chi connectivity index (χ1) is 3.98. The lowest BCUT2D eigenvalue weighted by Crippen LogP contribution is -2.29. The van der Waals surface area contributed by atoms with E-state index in [1.54, 1.807) is 13.8 Å². The molecular weight excluding hydrogens is 120 g/mol. The second kappa shape index (κ2) is 2.62. The van der Waals surface area contributed by atoms with E-state index in [0.717, 1.165) is 0 Å². The minimum atomic E-state index is -1.19. The molecule has 0 heterocycles. The molecule has 0 aliphatic carbocycles. The Morgan fingerprint density at radius 3 is 2.22 bits per heavy atom. The van der Waals surface area contributed by atoms with Crippen LogP contribution in [0, 0.1) is 5.41 Å². The van der Waals surface area contributed by atoms with Crippen LogP contribution in [0.1, 0.15) is 20.3 Å². The number of aliphatic carboxylic acids is 1. The number of rotatable bonds is 3. The Morgan fingerprint density at radius 1 is 1.67 bits per heavy atom. The first kappa shape index (κ1) is 8.14. The van der Waals surface area contributed by atoms with Crippen LogP contribution in [0.2, 0.25) is 0 Å². The SMILES string of the molecule is CC(C)(C=O)CC(=O)[O-]. The Bertz CT molecular complexity index is 126. The second-order valence-corrected chi connectivity index (χ2v) is 2.66. The van der Waals surface area contributed by atoms with Crippen molar-refractivity contribution in [2.75, 3.05) is 0 Å². The van der Waals surface area contributed by atoms with Gasteiger partial charge in [-0.3, -0.25) is 0 Å². The van der Waals surface area contributed by atoms with E-state index in [0.29, 0.717) is 6.29 Å². The molecule has 0 amide bonds. The zero-order chi connectivity index (χ0) is 7.49. The molecule has 0 aliphatic rings. The molecule has 0 unspecified atom stereocenters. The van der Waals surface area contributed by atoms with Gasteiger partial charge in [0.15, 0.2) is 0 Å². The largest absolute Gasteiger partial charge is 0.550 e. The fraction of sp³-hybridized carbons (Fsp3) is 0.667. The van der Waals surface area contributed by atoms with Crippen LogP contribution in [0.4, 0.5) is 0 Å². The molecule has 0 spiro atoms. The summed E-state index contributed by atoms with van der Waals surface area (Å²) in [4.78, 5) is 20.0. The lowest BCUT2D eigenvalue weighted by molar-refractivity contribution is -0.307. The number of hydrogen-bond donors (Lipinski definition) is 0. The summed E-state index contributed by atoms with van der Waals surface area (Å²) in [5, 5.41) is 9.90. The molecule has 9 heavy (non-hydrogen) atoms. The number of hydrogen-bond acceptors (Lipinski definition) is 3. The zero-order valence-corrected chi connectivity index (χ0v) is 5.51. The maximum atomic E-state index is 10.1. The molecule has 0 bridgehead atoms. The van der Waals surface area contributed by atoms with E-state index in [1.165, 1.54) is 0 Å². The van der Waals surface area contributed by atoms with Crippen LogP contribution >= 0.6 is 0 Å². The summed E-state index contributed by atoms with van der Waals surface area (Å²) in [6.45, 7) is 3.10. The van der Waals surface area contributed by atoms with Crippen LogP contribution in [0.25, 0.3) is 0 Å². The van der Waals surface area contributed by atoms with Crippen LogP contribution < -0.4 is 5.11 Å². The van der Waals surface area contributed by atoms with E-state index in [9.17, 15) is 14.7 Å². The van der Waals surface area contributed by atoms with Gasteiger partial charge in [0.05, 0.1) is 0 Å². The first-order valence-electron chi connectivity index (χ1n) is 2.64. The Morgan fingerprint density at radius 2 is 2.11 bits per heavy atom. The van der Waals surface area contributed by atoms with Crippen LogP contribution in [0.3, 0.4) is 0 Å². The molecule has 0 radical (unpaired) electrons. The van der Waals surface area contributed by atoms with Crippen molar-refractivity contribution in [1.29, 1.82) is 0 Å². The second-order valence-electron chi connectivity index (χ2n) is 2.66. The van der Waals surface area contributed by atoms with Crippen LogP contribution in [-0.2, 0) is 9.59 Å². The van der Waals surface area contributed by atoms with Crippen molar-refractivity contribution < 1.29 is 14.7 Å². The van der Waals surface area contributed by atoms with Crippen LogP contribution in [0.15, 0.2) is 0 Å². The number of carbonyl (C=O) groups is 2. The number of carbonyl (C=O) groups excluding carboxylic acids is 2. The molecule has 0 saturated heterocycles. The normalized spacial score (nSPS) is 10.9. The molecule has 0 rings (SSSR count). The summed E-state index contributed by atoms with van der Waals surface area (Å²) in [7, 11) is 0. The molecule has 0 aromatic heterocycles. The van der Waals surface area contributed by atoms with E-state index < -0.39 is 11.4 Å². The average molecular weight is 129 g/mol. The highest BCUT2D eigenvalue weighted by Gasteiger charge is 2.15. The van der Waals surface area contributed by atoms with Gasteiger partial charge in [-0.05, 0) is 6.42 Å². The Hall–Kier alpha value is -0.860. The molecule has 0 aromatic carbocycles. The number of carboxylic acids is 1. The third-order valence-corrected chi connectivity index (χ3v) is 0.919. The van der Waals surface area contributed by atoms with Crippen molar-refractivity contribution in [2.24, 2.45) is 5.41 Å². The van der Waals surface area contributed by atoms with Crippen molar-refractivity contribution in [2.45, 2.75) is 20.3 Å². The van der Waals surface area contributed by atoms with Crippen molar-refractivity contribution in [1.82, 2.24) is 0 Å². The van der Waals surface area contributed by atoms with Crippen LogP contribution in [-0.4, -0.2) is 12.3 Å². The van der Waals surface area contributed by atoms with Gasteiger partial charge in [-0.25, -0.2) is 0 Å². The van der Waals surface area contributed by atoms with Gasteiger partial charge in [0.2, 0.25) is 0 Å². The highest BCUT2D eigenvalue weighted by molar-refractivity contribution is 5.72. The van der Waals surface area contributed by atoms with Crippen LogP contribution in [0.5, 0.6) is 0 Å².